The van der Waals surface area contributed by atoms with Crippen molar-refractivity contribution in [3.8, 4) is 17.2 Å². The fourth-order valence-corrected chi connectivity index (χ4v) is 3.41. The number of carbonyl (C=O) groups excluding carboxylic acids is 1. The van der Waals surface area contributed by atoms with Gasteiger partial charge < -0.3 is 24.1 Å². The quantitative estimate of drug-likeness (QED) is 0.799. The molecule has 0 aliphatic carbocycles. The maximum absolute atomic E-state index is 12.6. The Bertz CT molecular complexity index is 819. The molecule has 0 fully saturated rings. The van der Waals surface area contributed by atoms with Crippen molar-refractivity contribution in [1.82, 2.24) is 9.88 Å². The molecule has 26 heavy (non-hydrogen) atoms. The number of aromatic amines is 1. The first-order chi connectivity index (χ1) is 12.6. The number of methoxy groups -OCH3 is 3. The lowest BCUT2D eigenvalue weighted by Gasteiger charge is -2.27. The van der Waals surface area contributed by atoms with Crippen molar-refractivity contribution in [2.45, 2.75) is 6.42 Å². The molecule has 3 rings (SSSR count). The van der Waals surface area contributed by atoms with Crippen LogP contribution in [0, 0.1) is 0 Å². The van der Waals surface area contributed by atoms with Gasteiger partial charge in [0.05, 0.1) is 26.9 Å². The standard InChI is InChI=1S/C19H21BrN2O4/c1-24-14-9-16(25-2)18(17(10-14)26-3)12-4-6-22(7-5-12)19(23)15-8-13(20)11-21-15/h4,8-11,21H,5-7H2,1-3H3. The number of carbonyl (C=O) groups is 1. The van der Waals surface area contributed by atoms with Crippen LogP contribution < -0.4 is 14.2 Å². The Morgan fingerprint density at radius 1 is 1.12 bits per heavy atom. The number of aromatic nitrogens is 1. The lowest BCUT2D eigenvalue weighted by atomic mass is 9.97. The van der Waals surface area contributed by atoms with Crippen molar-refractivity contribution >= 4 is 27.4 Å². The number of ether oxygens (including phenoxy) is 3. The van der Waals surface area contributed by atoms with Crippen molar-refractivity contribution in [2.24, 2.45) is 0 Å². The van der Waals surface area contributed by atoms with Gasteiger partial charge in [-0.1, -0.05) is 6.08 Å². The Hall–Kier alpha value is -2.41. The fraction of sp³-hybridized carbons (Fsp3) is 0.316. The van der Waals surface area contributed by atoms with E-state index < -0.39 is 0 Å². The van der Waals surface area contributed by atoms with Crippen molar-refractivity contribution in [1.29, 1.82) is 0 Å². The van der Waals surface area contributed by atoms with Crippen molar-refractivity contribution in [2.75, 3.05) is 34.4 Å². The first kappa shape index (κ1) is 18.4. The molecule has 0 bridgehead atoms. The summed E-state index contributed by atoms with van der Waals surface area (Å²) in [6, 6.07) is 5.47. The fourth-order valence-electron chi connectivity index (χ4n) is 3.06. The summed E-state index contributed by atoms with van der Waals surface area (Å²) in [4.78, 5) is 17.4. The molecule has 0 saturated heterocycles. The molecule has 1 aromatic carbocycles. The van der Waals surface area contributed by atoms with Gasteiger partial charge in [-0.25, -0.2) is 0 Å². The molecular formula is C19H21BrN2O4. The second-order valence-corrected chi connectivity index (χ2v) is 6.78. The van der Waals surface area contributed by atoms with Gasteiger partial charge in [-0.15, -0.1) is 0 Å². The molecule has 0 unspecified atom stereocenters. The highest BCUT2D eigenvalue weighted by Gasteiger charge is 2.24. The van der Waals surface area contributed by atoms with Gasteiger partial charge in [-0.2, -0.15) is 0 Å². The molecule has 1 N–H and O–H groups in total. The van der Waals surface area contributed by atoms with E-state index >= 15 is 0 Å². The van der Waals surface area contributed by atoms with Crippen LogP contribution in [0.25, 0.3) is 5.57 Å². The third kappa shape index (κ3) is 3.58. The van der Waals surface area contributed by atoms with Crippen LogP contribution in [0.1, 0.15) is 22.5 Å². The Kier molecular flexibility index (Phi) is 5.56. The van der Waals surface area contributed by atoms with Crippen molar-refractivity contribution in [3.05, 3.63) is 46.2 Å². The van der Waals surface area contributed by atoms with Crippen LogP contribution in [0.4, 0.5) is 0 Å². The number of hydrogen-bond acceptors (Lipinski definition) is 4. The molecule has 7 heteroatoms. The Balaban J connectivity index is 1.86. The van der Waals surface area contributed by atoms with E-state index in [0.717, 1.165) is 15.6 Å². The van der Waals surface area contributed by atoms with Crippen LogP contribution in [0.5, 0.6) is 17.2 Å². The largest absolute Gasteiger partial charge is 0.496 e. The summed E-state index contributed by atoms with van der Waals surface area (Å²) in [5.74, 6) is 2.05. The van der Waals surface area contributed by atoms with Gasteiger partial charge in [0.25, 0.3) is 5.91 Å². The van der Waals surface area contributed by atoms with E-state index in [1.54, 1.807) is 33.6 Å². The summed E-state index contributed by atoms with van der Waals surface area (Å²) in [6.45, 7) is 1.16. The molecule has 0 saturated carbocycles. The zero-order valence-corrected chi connectivity index (χ0v) is 16.6. The highest BCUT2D eigenvalue weighted by molar-refractivity contribution is 9.10. The average molecular weight is 421 g/mol. The molecule has 0 radical (unpaired) electrons. The molecule has 6 nitrogen and oxygen atoms in total. The van der Waals surface area contributed by atoms with E-state index in [4.69, 9.17) is 14.2 Å². The van der Waals surface area contributed by atoms with Gasteiger partial charge in [0, 0.05) is 35.9 Å². The minimum Gasteiger partial charge on any atom is -0.496 e. The number of hydrogen-bond donors (Lipinski definition) is 1. The Morgan fingerprint density at radius 3 is 2.27 bits per heavy atom. The molecular weight excluding hydrogens is 400 g/mol. The van der Waals surface area contributed by atoms with Gasteiger partial charge in [0.1, 0.15) is 22.9 Å². The normalized spacial score (nSPS) is 14.0. The SMILES string of the molecule is COc1cc(OC)c(C2=CCN(C(=O)c3cc(Br)c[nH]3)CC2)c(OC)c1. The zero-order chi connectivity index (χ0) is 18.7. The summed E-state index contributed by atoms with van der Waals surface area (Å²) in [7, 11) is 4.86. The first-order valence-electron chi connectivity index (χ1n) is 8.20. The van der Waals surface area contributed by atoms with E-state index in [9.17, 15) is 4.79 Å². The minimum absolute atomic E-state index is 0.0142. The number of H-pyrrole nitrogens is 1. The highest BCUT2D eigenvalue weighted by Crippen LogP contribution is 2.40. The predicted molar refractivity (Wildman–Crippen MR) is 103 cm³/mol. The van der Waals surface area contributed by atoms with Crippen LogP contribution in [-0.2, 0) is 0 Å². The van der Waals surface area contributed by atoms with Crippen molar-refractivity contribution in [3.63, 3.8) is 0 Å². The number of amides is 1. The molecule has 1 aliphatic rings. The Morgan fingerprint density at radius 2 is 1.81 bits per heavy atom. The lowest BCUT2D eigenvalue weighted by molar-refractivity contribution is 0.0767. The summed E-state index contributed by atoms with van der Waals surface area (Å²) in [5.41, 5.74) is 2.58. The summed E-state index contributed by atoms with van der Waals surface area (Å²) in [5, 5.41) is 0. The van der Waals surface area contributed by atoms with Gasteiger partial charge >= 0.3 is 0 Å². The van der Waals surface area contributed by atoms with E-state index in [0.29, 0.717) is 42.5 Å². The monoisotopic (exact) mass is 420 g/mol. The number of nitrogens with one attached hydrogen (secondary N) is 1. The van der Waals surface area contributed by atoms with Crippen LogP contribution >= 0.6 is 15.9 Å². The van der Waals surface area contributed by atoms with Gasteiger partial charge in [0.15, 0.2) is 0 Å². The number of nitrogens with zero attached hydrogens (tertiary/aromatic N) is 1. The van der Waals surface area contributed by atoms with Crippen LogP contribution in [-0.4, -0.2) is 50.2 Å². The molecule has 138 valence electrons. The van der Waals surface area contributed by atoms with Crippen LogP contribution in [0.15, 0.2) is 34.9 Å². The lowest BCUT2D eigenvalue weighted by Crippen LogP contribution is -2.34. The van der Waals surface area contributed by atoms with E-state index in [-0.39, 0.29) is 5.91 Å². The smallest absolute Gasteiger partial charge is 0.270 e. The second kappa shape index (κ2) is 7.86. The zero-order valence-electron chi connectivity index (χ0n) is 15.0. The van der Waals surface area contributed by atoms with Gasteiger partial charge in [-0.05, 0) is 34.0 Å². The highest BCUT2D eigenvalue weighted by atomic mass is 79.9. The van der Waals surface area contributed by atoms with E-state index in [1.165, 1.54) is 0 Å². The summed E-state index contributed by atoms with van der Waals surface area (Å²) >= 11 is 3.36. The van der Waals surface area contributed by atoms with E-state index in [2.05, 4.69) is 20.9 Å². The molecule has 0 atom stereocenters. The minimum atomic E-state index is -0.0142. The third-order valence-corrected chi connectivity index (χ3v) is 4.87. The van der Waals surface area contributed by atoms with Crippen LogP contribution in [0.2, 0.25) is 0 Å². The maximum Gasteiger partial charge on any atom is 0.270 e. The third-order valence-electron chi connectivity index (χ3n) is 4.41. The number of rotatable bonds is 5. The summed E-state index contributed by atoms with van der Waals surface area (Å²) < 4.78 is 17.2. The van der Waals surface area contributed by atoms with E-state index in [1.807, 2.05) is 23.1 Å². The summed E-state index contributed by atoms with van der Waals surface area (Å²) in [6.07, 6.45) is 4.52. The predicted octanol–water partition coefficient (Wildman–Crippen LogP) is 3.73. The number of benzene rings is 1. The molecule has 1 aromatic heterocycles. The van der Waals surface area contributed by atoms with Gasteiger partial charge in [0.2, 0.25) is 0 Å². The number of halogens is 1. The average Bonchev–Trinajstić information content (AvgIpc) is 3.12. The molecule has 2 aromatic rings. The van der Waals surface area contributed by atoms with Gasteiger partial charge in [-0.3, -0.25) is 4.79 Å². The Labute approximate surface area is 160 Å². The topological polar surface area (TPSA) is 63.8 Å². The maximum atomic E-state index is 12.6. The van der Waals surface area contributed by atoms with Crippen LogP contribution in [0.3, 0.4) is 0 Å². The molecule has 1 aliphatic heterocycles. The van der Waals surface area contributed by atoms with Crippen molar-refractivity contribution < 1.29 is 19.0 Å². The molecule has 1 amide bonds. The molecule has 2 heterocycles. The molecule has 0 spiro atoms. The first-order valence-corrected chi connectivity index (χ1v) is 8.99. The second-order valence-electron chi connectivity index (χ2n) is 5.87.